The summed E-state index contributed by atoms with van der Waals surface area (Å²) in [6.07, 6.45) is 4.84. The molecule has 1 amide bonds. The van der Waals surface area contributed by atoms with Gasteiger partial charge in [-0.25, -0.2) is 4.68 Å². The summed E-state index contributed by atoms with van der Waals surface area (Å²) >= 11 is 6.16. The summed E-state index contributed by atoms with van der Waals surface area (Å²) in [7, 11) is 1.71. The molecule has 31 heavy (non-hydrogen) atoms. The van der Waals surface area contributed by atoms with Crippen LogP contribution in [-0.2, 0) is 11.2 Å². The molecule has 7 nitrogen and oxygen atoms in total. The lowest BCUT2D eigenvalue weighted by Gasteiger charge is -2.12. The molecule has 0 unspecified atom stereocenters. The first-order valence-electron chi connectivity index (χ1n) is 10.1. The van der Waals surface area contributed by atoms with E-state index in [4.69, 9.17) is 11.6 Å². The standard InChI is InChI=1S/C23H27ClN6O/c1-17-4-9-21(20(24)16-17)29-22(31)11-14-27-23(25-2)26-13-10-18-5-7-19(8-6-18)30-15-3-12-28-30/h3-9,12,15-16H,10-11,13-14H2,1-2H3,(H,29,31)(H2,25,26,27). The van der Waals surface area contributed by atoms with E-state index in [2.05, 4.69) is 38.2 Å². The highest BCUT2D eigenvalue weighted by Crippen LogP contribution is 2.22. The second-order valence-corrected chi connectivity index (χ2v) is 7.48. The molecule has 0 bridgehead atoms. The molecule has 0 aliphatic carbocycles. The maximum atomic E-state index is 12.2. The highest BCUT2D eigenvalue weighted by atomic mass is 35.5. The fourth-order valence-electron chi connectivity index (χ4n) is 3.01. The van der Waals surface area contributed by atoms with E-state index in [0.29, 0.717) is 29.6 Å². The lowest BCUT2D eigenvalue weighted by molar-refractivity contribution is -0.116. The summed E-state index contributed by atoms with van der Waals surface area (Å²) in [5.74, 6) is 0.556. The topological polar surface area (TPSA) is 83.3 Å². The molecular formula is C23H27ClN6O. The van der Waals surface area contributed by atoms with Gasteiger partial charge in [-0.3, -0.25) is 9.79 Å². The molecule has 0 fully saturated rings. The maximum absolute atomic E-state index is 12.2. The third kappa shape index (κ3) is 6.86. The summed E-state index contributed by atoms with van der Waals surface area (Å²) in [4.78, 5) is 16.4. The number of rotatable bonds is 8. The molecule has 0 aliphatic heterocycles. The van der Waals surface area contributed by atoms with Crippen molar-refractivity contribution in [2.45, 2.75) is 19.8 Å². The number of hydrogen-bond acceptors (Lipinski definition) is 3. The molecule has 0 saturated carbocycles. The van der Waals surface area contributed by atoms with Gasteiger partial charge in [-0.1, -0.05) is 29.8 Å². The van der Waals surface area contributed by atoms with Gasteiger partial charge in [0, 0.05) is 39.0 Å². The number of nitrogens with one attached hydrogen (secondary N) is 3. The Morgan fingerprint density at radius 2 is 1.90 bits per heavy atom. The van der Waals surface area contributed by atoms with E-state index in [9.17, 15) is 4.79 Å². The van der Waals surface area contributed by atoms with Crippen LogP contribution in [0.25, 0.3) is 5.69 Å². The van der Waals surface area contributed by atoms with Gasteiger partial charge in [0.1, 0.15) is 0 Å². The Labute approximate surface area is 187 Å². The number of amides is 1. The van der Waals surface area contributed by atoms with Gasteiger partial charge in [0.2, 0.25) is 5.91 Å². The predicted octanol–water partition coefficient (Wildman–Crippen LogP) is 3.57. The average molecular weight is 439 g/mol. The number of hydrogen-bond donors (Lipinski definition) is 3. The Bertz CT molecular complexity index is 1020. The second-order valence-electron chi connectivity index (χ2n) is 7.07. The van der Waals surface area contributed by atoms with Crippen LogP contribution in [0.3, 0.4) is 0 Å². The van der Waals surface area contributed by atoms with E-state index in [1.807, 2.05) is 54.2 Å². The molecule has 2 aromatic carbocycles. The predicted molar refractivity (Wildman–Crippen MR) is 126 cm³/mol. The smallest absolute Gasteiger partial charge is 0.226 e. The number of halogens is 1. The first-order chi connectivity index (χ1) is 15.0. The molecule has 1 aromatic heterocycles. The van der Waals surface area contributed by atoms with Gasteiger partial charge in [-0.15, -0.1) is 0 Å². The number of aryl methyl sites for hydroxylation is 1. The van der Waals surface area contributed by atoms with Crippen molar-refractivity contribution < 1.29 is 4.79 Å². The van der Waals surface area contributed by atoms with Crippen molar-refractivity contribution in [3.05, 3.63) is 77.1 Å². The van der Waals surface area contributed by atoms with Crippen molar-refractivity contribution in [3.8, 4) is 5.69 Å². The first kappa shape index (κ1) is 22.4. The summed E-state index contributed by atoms with van der Waals surface area (Å²) in [5, 5.41) is 14.0. The Kier molecular flexibility index (Phi) is 8.06. The van der Waals surface area contributed by atoms with Crippen LogP contribution in [0.5, 0.6) is 0 Å². The Morgan fingerprint density at radius 3 is 2.58 bits per heavy atom. The average Bonchev–Trinajstić information content (AvgIpc) is 3.30. The Balaban J connectivity index is 1.37. The number of aromatic nitrogens is 2. The summed E-state index contributed by atoms with van der Waals surface area (Å²) in [5.41, 5.74) is 3.92. The molecule has 3 N–H and O–H groups in total. The van der Waals surface area contributed by atoms with E-state index in [1.54, 1.807) is 13.2 Å². The molecule has 0 saturated heterocycles. The molecule has 1 heterocycles. The van der Waals surface area contributed by atoms with E-state index >= 15 is 0 Å². The van der Waals surface area contributed by atoms with Crippen LogP contribution in [0.1, 0.15) is 17.5 Å². The maximum Gasteiger partial charge on any atom is 0.226 e. The van der Waals surface area contributed by atoms with Crippen molar-refractivity contribution in [1.29, 1.82) is 0 Å². The molecule has 0 atom stereocenters. The van der Waals surface area contributed by atoms with Gasteiger partial charge in [0.05, 0.1) is 16.4 Å². The number of guanidine groups is 1. The molecule has 0 aliphatic rings. The summed E-state index contributed by atoms with van der Waals surface area (Å²) in [6.45, 7) is 3.15. The van der Waals surface area contributed by atoms with Crippen LogP contribution >= 0.6 is 11.6 Å². The quantitative estimate of drug-likeness (QED) is 0.371. The van der Waals surface area contributed by atoms with Crippen LogP contribution in [-0.4, -0.2) is 41.8 Å². The van der Waals surface area contributed by atoms with Gasteiger partial charge >= 0.3 is 0 Å². The lowest BCUT2D eigenvalue weighted by Crippen LogP contribution is -2.39. The normalized spacial score (nSPS) is 11.3. The van der Waals surface area contributed by atoms with Crippen LogP contribution < -0.4 is 16.0 Å². The number of nitrogens with zero attached hydrogens (tertiary/aromatic N) is 3. The third-order valence-corrected chi connectivity index (χ3v) is 4.99. The summed E-state index contributed by atoms with van der Waals surface area (Å²) in [6, 6.07) is 15.7. The van der Waals surface area contributed by atoms with E-state index in [1.165, 1.54) is 5.56 Å². The van der Waals surface area contributed by atoms with Crippen molar-refractivity contribution in [2.75, 3.05) is 25.5 Å². The minimum absolute atomic E-state index is 0.106. The van der Waals surface area contributed by atoms with E-state index < -0.39 is 0 Å². The van der Waals surface area contributed by atoms with Gasteiger partial charge < -0.3 is 16.0 Å². The van der Waals surface area contributed by atoms with Gasteiger partial charge in [0.25, 0.3) is 0 Å². The molecule has 0 spiro atoms. The fourth-order valence-corrected chi connectivity index (χ4v) is 3.29. The fraction of sp³-hybridized carbons (Fsp3) is 0.261. The monoisotopic (exact) mass is 438 g/mol. The Hall–Kier alpha value is -3.32. The number of benzene rings is 2. The van der Waals surface area contributed by atoms with E-state index in [0.717, 1.165) is 24.2 Å². The minimum atomic E-state index is -0.106. The molecule has 162 valence electrons. The molecule has 8 heteroatoms. The SMILES string of the molecule is CN=C(NCCC(=O)Nc1ccc(C)cc1Cl)NCCc1ccc(-n2cccn2)cc1. The highest BCUT2D eigenvalue weighted by molar-refractivity contribution is 6.33. The first-order valence-corrected chi connectivity index (χ1v) is 10.5. The Morgan fingerprint density at radius 1 is 1.13 bits per heavy atom. The zero-order chi connectivity index (χ0) is 22.1. The van der Waals surface area contributed by atoms with Gasteiger partial charge in [-0.05, 0) is 54.8 Å². The van der Waals surface area contributed by atoms with Gasteiger partial charge in [-0.2, -0.15) is 5.10 Å². The largest absolute Gasteiger partial charge is 0.356 e. The van der Waals surface area contributed by atoms with Crippen LogP contribution in [0.15, 0.2) is 65.9 Å². The number of anilines is 1. The highest BCUT2D eigenvalue weighted by Gasteiger charge is 2.07. The lowest BCUT2D eigenvalue weighted by atomic mass is 10.1. The van der Waals surface area contributed by atoms with Gasteiger partial charge in [0.15, 0.2) is 5.96 Å². The number of aliphatic imine (C=N–C) groups is 1. The molecule has 0 radical (unpaired) electrons. The van der Waals surface area contributed by atoms with Crippen LogP contribution in [0.2, 0.25) is 5.02 Å². The zero-order valence-electron chi connectivity index (χ0n) is 17.7. The summed E-state index contributed by atoms with van der Waals surface area (Å²) < 4.78 is 1.83. The number of carbonyl (C=O) groups is 1. The zero-order valence-corrected chi connectivity index (χ0v) is 18.5. The molecule has 3 rings (SSSR count). The molecule has 3 aromatic rings. The van der Waals surface area contributed by atoms with Crippen molar-refractivity contribution >= 4 is 29.2 Å². The third-order valence-electron chi connectivity index (χ3n) is 4.68. The van der Waals surface area contributed by atoms with E-state index in [-0.39, 0.29) is 5.91 Å². The van der Waals surface area contributed by atoms with Crippen LogP contribution in [0, 0.1) is 6.92 Å². The molecular weight excluding hydrogens is 412 g/mol. The van der Waals surface area contributed by atoms with Crippen LogP contribution in [0.4, 0.5) is 5.69 Å². The number of carbonyl (C=O) groups excluding carboxylic acids is 1. The van der Waals surface area contributed by atoms with Crippen molar-refractivity contribution in [2.24, 2.45) is 4.99 Å². The van der Waals surface area contributed by atoms with Crippen molar-refractivity contribution in [3.63, 3.8) is 0 Å². The minimum Gasteiger partial charge on any atom is -0.356 e. The second kappa shape index (κ2) is 11.2. The van der Waals surface area contributed by atoms with Crippen molar-refractivity contribution in [1.82, 2.24) is 20.4 Å².